The molecule has 0 saturated carbocycles. The van der Waals surface area contributed by atoms with Gasteiger partial charge in [0.15, 0.2) is 4.32 Å². The number of para-hydroxylation sites is 1. The van der Waals surface area contributed by atoms with Crippen molar-refractivity contribution in [1.82, 2.24) is 5.01 Å². The fraction of sp³-hybridized carbons (Fsp3) is 0. The zero-order valence-electron chi connectivity index (χ0n) is 11.9. The lowest BCUT2D eigenvalue weighted by molar-refractivity contribution is -0.122. The number of nitrogens with zero attached hydrogens (tertiary/aromatic N) is 2. The minimum atomic E-state index is -0.296. The standard InChI is InChI=1S/C17H12N2O2S2/c20-14-9-5-4-8-13(14)10-15-16(21)19(17(22)23-15)18-11-12-6-2-1-3-7-12/h1-11,20H. The van der Waals surface area contributed by atoms with Gasteiger partial charge in [-0.05, 0) is 29.9 Å². The molecule has 1 fully saturated rings. The van der Waals surface area contributed by atoms with Crippen LogP contribution < -0.4 is 0 Å². The maximum Gasteiger partial charge on any atom is 0.286 e. The van der Waals surface area contributed by atoms with Crippen molar-refractivity contribution in [2.75, 3.05) is 0 Å². The third-order valence-electron chi connectivity index (χ3n) is 3.12. The summed E-state index contributed by atoms with van der Waals surface area (Å²) in [7, 11) is 0. The molecule has 0 spiro atoms. The van der Waals surface area contributed by atoms with E-state index in [1.54, 1.807) is 36.6 Å². The van der Waals surface area contributed by atoms with E-state index in [9.17, 15) is 9.90 Å². The summed E-state index contributed by atoms with van der Waals surface area (Å²) in [6, 6.07) is 16.3. The Morgan fingerprint density at radius 1 is 1.09 bits per heavy atom. The molecule has 1 saturated heterocycles. The lowest BCUT2D eigenvalue weighted by atomic mass is 10.2. The van der Waals surface area contributed by atoms with Crippen LogP contribution in [0, 0.1) is 0 Å². The molecule has 114 valence electrons. The van der Waals surface area contributed by atoms with E-state index in [0.29, 0.717) is 14.8 Å². The fourth-order valence-corrected chi connectivity index (χ4v) is 3.14. The highest BCUT2D eigenvalue weighted by Gasteiger charge is 2.32. The van der Waals surface area contributed by atoms with Gasteiger partial charge in [-0.2, -0.15) is 10.1 Å². The van der Waals surface area contributed by atoms with Crippen molar-refractivity contribution >= 4 is 46.5 Å². The molecule has 23 heavy (non-hydrogen) atoms. The predicted molar refractivity (Wildman–Crippen MR) is 97.2 cm³/mol. The number of amides is 1. The van der Waals surface area contributed by atoms with Crippen molar-refractivity contribution in [3.63, 3.8) is 0 Å². The van der Waals surface area contributed by atoms with Crippen molar-refractivity contribution < 1.29 is 9.90 Å². The number of rotatable bonds is 3. The molecule has 6 heteroatoms. The summed E-state index contributed by atoms with van der Waals surface area (Å²) in [6.07, 6.45) is 3.21. The summed E-state index contributed by atoms with van der Waals surface area (Å²) in [4.78, 5) is 12.8. The lowest BCUT2D eigenvalue weighted by Gasteiger charge is -2.06. The van der Waals surface area contributed by atoms with Gasteiger partial charge in [0, 0.05) is 5.56 Å². The van der Waals surface area contributed by atoms with Crippen molar-refractivity contribution in [2.45, 2.75) is 0 Å². The molecule has 0 aliphatic carbocycles. The first-order valence-corrected chi connectivity index (χ1v) is 8.02. The summed E-state index contributed by atoms with van der Waals surface area (Å²) < 4.78 is 0.365. The van der Waals surface area contributed by atoms with E-state index >= 15 is 0 Å². The highest BCUT2D eigenvalue weighted by Crippen LogP contribution is 2.34. The molecule has 0 atom stereocenters. The third kappa shape index (κ3) is 3.49. The minimum Gasteiger partial charge on any atom is -0.507 e. The topological polar surface area (TPSA) is 52.9 Å². The van der Waals surface area contributed by atoms with E-state index in [-0.39, 0.29) is 11.7 Å². The minimum absolute atomic E-state index is 0.116. The van der Waals surface area contributed by atoms with E-state index in [1.165, 1.54) is 5.01 Å². The fourth-order valence-electron chi connectivity index (χ4n) is 1.97. The molecular formula is C17H12N2O2S2. The Kier molecular flexibility index (Phi) is 4.55. The molecule has 0 bridgehead atoms. The Balaban J connectivity index is 1.83. The second kappa shape index (κ2) is 6.76. The van der Waals surface area contributed by atoms with Gasteiger partial charge in [-0.25, -0.2) is 0 Å². The van der Waals surface area contributed by atoms with Gasteiger partial charge in [-0.3, -0.25) is 4.79 Å². The van der Waals surface area contributed by atoms with Crippen LogP contribution in [0.25, 0.3) is 6.08 Å². The average Bonchev–Trinajstić information content (AvgIpc) is 2.82. The average molecular weight is 340 g/mol. The van der Waals surface area contributed by atoms with Gasteiger partial charge in [-0.15, -0.1) is 0 Å². The molecule has 1 heterocycles. The van der Waals surface area contributed by atoms with Crippen LogP contribution in [-0.4, -0.2) is 26.6 Å². The Hall–Kier alpha value is -2.44. The van der Waals surface area contributed by atoms with Gasteiger partial charge in [0.1, 0.15) is 5.75 Å². The first-order valence-electron chi connectivity index (χ1n) is 6.80. The van der Waals surface area contributed by atoms with Crippen LogP contribution in [0.15, 0.2) is 64.6 Å². The first kappa shape index (κ1) is 15.5. The number of phenolic OH excluding ortho intramolecular Hbond substituents is 1. The Bertz CT molecular complexity index is 816. The monoisotopic (exact) mass is 340 g/mol. The van der Waals surface area contributed by atoms with Crippen LogP contribution in [0.3, 0.4) is 0 Å². The quantitative estimate of drug-likeness (QED) is 0.527. The van der Waals surface area contributed by atoms with Crippen molar-refractivity contribution in [3.8, 4) is 5.75 Å². The maximum atomic E-state index is 12.4. The second-order valence-electron chi connectivity index (χ2n) is 4.71. The van der Waals surface area contributed by atoms with Gasteiger partial charge in [0.05, 0.1) is 11.1 Å². The maximum absolute atomic E-state index is 12.4. The van der Waals surface area contributed by atoms with E-state index in [4.69, 9.17) is 12.2 Å². The molecule has 1 aliphatic rings. The zero-order valence-corrected chi connectivity index (χ0v) is 13.6. The van der Waals surface area contributed by atoms with Gasteiger partial charge in [0.25, 0.3) is 5.91 Å². The number of thioether (sulfide) groups is 1. The van der Waals surface area contributed by atoms with Crippen molar-refractivity contribution in [1.29, 1.82) is 0 Å². The van der Waals surface area contributed by atoms with Crippen LogP contribution in [0.4, 0.5) is 0 Å². The SMILES string of the molecule is O=C1C(=Cc2ccccc2O)SC(=S)N1N=Cc1ccccc1. The number of hydrogen-bond donors (Lipinski definition) is 1. The second-order valence-corrected chi connectivity index (χ2v) is 6.38. The van der Waals surface area contributed by atoms with Gasteiger partial charge in [-0.1, -0.05) is 60.3 Å². The molecule has 0 radical (unpaired) electrons. The number of hydrazone groups is 1. The van der Waals surface area contributed by atoms with Gasteiger partial charge >= 0.3 is 0 Å². The van der Waals surface area contributed by atoms with E-state index in [2.05, 4.69) is 5.10 Å². The molecule has 0 unspecified atom stereocenters. The normalized spacial score (nSPS) is 16.7. The highest BCUT2D eigenvalue weighted by molar-refractivity contribution is 8.26. The number of carbonyl (C=O) groups excluding carboxylic acids is 1. The summed E-state index contributed by atoms with van der Waals surface area (Å²) >= 11 is 6.37. The molecule has 0 aromatic heterocycles. The Morgan fingerprint density at radius 3 is 2.52 bits per heavy atom. The van der Waals surface area contributed by atoms with E-state index in [1.807, 2.05) is 30.3 Å². The summed E-state index contributed by atoms with van der Waals surface area (Å²) in [5.41, 5.74) is 1.45. The predicted octanol–water partition coefficient (Wildman–Crippen LogP) is 3.63. The smallest absolute Gasteiger partial charge is 0.286 e. The zero-order chi connectivity index (χ0) is 16.2. The van der Waals surface area contributed by atoms with Crippen molar-refractivity contribution in [2.24, 2.45) is 5.10 Å². The molecular weight excluding hydrogens is 328 g/mol. The van der Waals surface area contributed by atoms with Gasteiger partial charge in [0.2, 0.25) is 0 Å². The highest BCUT2D eigenvalue weighted by atomic mass is 32.2. The number of thiocarbonyl (C=S) groups is 1. The van der Waals surface area contributed by atoms with Crippen LogP contribution in [0.1, 0.15) is 11.1 Å². The molecule has 3 rings (SSSR count). The van der Waals surface area contributed by atoms with Crippen molar-refractivity contribution in [3.05, 3.63) is 70.6 Å². The number of carbonyl (C=O) groups is 1. The Labute approximate surface area is 143 Å². The molecule has 2 aromatic carbocycles. The third-order valence-corrected chi connectivity index (χ3v) is 4.40. The number of aromatic hydroxyl groups is 1. The number of hydrogen-bond acceptors (Lipinski definition) is 5. The number of phenols is 1. The largest absolute Gasteiger partial charge is 0.507 e. The van der Waals surface area contributed by atoms with Gasteiger partial charge < -0.3 is 5.11 Å². The molecule has 2 aromatic rings. The number of benzene rings is 2. The van der Waals surface area contributed by atoms with E-state index in [0.717, 1.165) is 17.3 Å². The Morgan fingerprint density at radius 2 is 1.78 bits per heavy atom. The van der Waals surface area contributed by atoms with Crippen LogP contribution in [0.2, 0.25) is 0 Å². The summed E-state index contributed by atoms with van der Waals surface area (Å²) in [6.45, 7) is 0. The lowest BCUT2D eigenvalue weighted by Crippen LogP contribution is -2.22. The van der Waals surface area contributed by atoms with Crippen LogP contribution >= 0.6 is 24.0 Å². The molecule has 1 N–H and O–H groups in total. The van der Waals surface area contributed by atoms with Crippen LogP contribution in [0.5, 0.6) is 5.75 Å². The molecule has 1 amide bonds. The first-order chi connectivity index (χ1) is 11.1. The summed E-state index contributed by atoms with van der Waals surface area (Å²) in [5, 5.41) is 15.2. The van der Waals surface area contributed by atoms with E-state index < -0.39 is 0 Å². The molecule has 1 aliphatic heterocycles. The molecule has 4 nitrogen and oxygen atoms in total. The van der Waals surface area contributed by atoms with Crippen LogP contribution in [-0.2, 0) is 4.79 Å². The summed E-state index contributed by atoms with van der Waals surface area (Å²) in [5.74, 6) is -0.180.